The van der Waals surface area contributed by atoms with Crippen molar-refractivity contribution in [3.8, 4) is 0 Å². The lowest BCUT2D eigenvalue weighted by Crippen LogP contribution is -2.50. The normalized spacial score (nSPS) is 19.5. The van der Waals surface area contributed by atoms with Gasteiger partial charge in [-0.05, 0) is 18.4 Å². The first-order valence-corrected chi connectivity index (χ1v) is 13.4. The fraction of sp³-hybridized carbons (Fsp3) is 0.500. The molecule has 2 fully saturated rings. The Kier molecular flexibility index (Phi) is 6.32. The second kappa shape index (κ2) is 8.84. The smallest absolute Gasteiger partial charge is 0.241 e. The number of hydrogen-bond acceptors (Lipinski definition) is 8. The van der Waals surface area contributed by atoms with Gasteiger partial charge in [0.1, 0.15) is 11.5 Å². The second-order valence-electron chi connectivity index (χ2n) is 7.94. The molecule has 1 saturated carbocycles. The molecule has 31 heavy (non-hydrogen) atoms. The number of piperazine rings is 1. The zero-order valence-corrected chi connectivity index (χ0v) is 19.3. The van der Waals surface area contributed by atoms with Crippen LogP contribution in [0, 0.1) is 0 Å². The van der Waals surface area contributed by atoms with E-state index in [-0.39, 0.29) is 11.2 Å². The summed E-state index contributed by atoms with van der Waals surface area (Å²) in [6.07, 6.45) is 2.43. The number of amides is 1. The van der Waals surface area contributed by atoms with Crippen molar-refractivity contribution in [2.45, 2.75) is 31.1 Å². The molecule has 166 valence electrons. The zero-order valence-electron chi connectivity index (χ0n) is 16.9. The molecular weight excluding hydrogens is 460 g/mol. The molecule has 2 heterocycles. The van der Waals surface area contributed by atoms with Crippen molar-refractivity contribution >= 4 is 48.1 Å². The third-order valence-electron chi connectivity index (χ3n) is 6.03. The van der Waals surface area contributed by atoms with Crippen molar-refractivity contribution < 1.29 is 18.0 Å². The van der Waals surface area contributed by atoms with Crippen LogP contribution in [0.15, 0.2) is 30.3 Å². The lowest BCUT2D eigenvalue weighted by molar-refractivity contribution is -0.128. The van der Waals surface area contributed by atoms with E-state index in [1.54, 1.807) is 0 Å². The minimum Gasteiger partial charge on any atom is -0.343 e. The summed E-state index contributed by atoms with van der Waals surface area (Å²) in [4.78, 5) is 32.4. The number of benzene rings is 1. The lowest BCUT2D eigenvalue weighted by atomic mass is 9.68. The lowest BCUT2D eigenvalue weighted by Gasteiger charge is -2.35. The van der Waals surface area contributed by atoms with E-state index in [0.29, 0.717) is 51.9 Å². The zero-order chi connectivity index (χ0) is 22.1. The van der Waals surface area contributed by atoms with Crippen LogP contribution < -0.4 is 4.90 Å². The van der Waals surface area contributed by atoms with Crippen LogP contribution in [0.3, 0.4) is 0 Å². The number of aromatic nitrogens is 2. The van der Waals surface area contributed by atoms with Crippen LogP contribution in [0.5, 0.6) is 0 Å². The standard InChI is InChI=1S/C20H23ClN4O4S2/c21-31(28,29)14-17(27)24-10-12-25(13-11-24)19-22-18(23-30-19)20(8-6-16(26)7-9-20)15-4-2-1-3-5-15/h1-5H,6-14H2. The van der Waals surface area contributed by atoms with Crippen molar-refractivity contribution in [2.24, 2.45) is 0 Å². The Morgan fingerprint density at radius 2 is 1.74 bits per heavy atom. The molecule has 2 aromatic rings. The van der Waals surface area contributed by atoms with Gasteiger partial charge < -0.3 is 9.80 Å². The van der Waals surface area contributed by atoms with E-state index in [9.17, 15) is 18.0 Å². The molecule has 8 nitrogen and oxygen atoms in total. The van der Waals surface area contributed by atoms with Gasteiger partial charge in [-0.1, -0.05) is 30.3 Å². The van der Waals surface area contributed by atoms with E-state index in [0.717, 1.165) is 16.5 Å². The molecule has 2 aliphatic rings. The third-order valence-corrected chi connectivity index (χ3v) is 7.73. The van der Waals surface area contributed by atoms with Crippen molar-refractivity contribution in [2.75, 3.05) is 36.8 Å². The average Bonchev–Trinajstić information content (AvgIpc) is 3.25. The van der Waals surface area contributed by atoms with Crippen molar-refractivity contribution in [1.82, 2.24) is 14.3 Å². The quantitative estimate of drug-likeness (QED) is 0.602. The highest BCUT2D eigenvalue weighted by molar-refractivity contribution is 8.14. The summed E-state index contributed by atoms with van der Waals surface area (Å²) in [5.41, 5.74) is 0.765. The number of anilines is 1. The Bertz CT molecular complexity index is 1060. The highest BCUT2D eigenvalue weighted by atomic mass is 35.7. The van der Waals surface area contributed by atoms with Gasteiger partial charge in [-0.2, -0.15) is 4.37 Å². The van der Waals surface area contributed by atoms with E-state index in [2.05, 4.69) is 17.0 Å². The maximum atomic E-state index is 12.1. The second-order valence-corrected chi connectivity index (χ2v) is 11.4. The summed E-state index contributed by atoms with van der Waals surface area (Å²) in [6.45, 7) is 1.88. The molecule has 1 aromatic heterocycles. The number of ketones is 1. The fourth-order valence-corrected chi connectivity index (χ4v) is 5.84. The van der Waals surface area contributed by atoms with Crippen LogP contribution in [0.1, 0.15) is 37.1 Å². The van der Waals surface area contributed by atoms with Gasteiger partial charge in [0, 0.05) is 61.2 Å². The summed E-state index contributed by atoms with van der Waals surface area (Å²) < 4.78 is 27.0. The molecule has 1 aliphatic heterocycles. The Labute approximate surface area is 189 Å². The third kappa shape index (κ3) is 4.91. The van der Waals surface area contributed by atoms with E-state index in [1.165, 1.54) is 16.4 Å². The highest BCUT2D eigenvalue weighted by Crippen LogP contribution is 2.43. The van der Waals surface area contributed by atoms with E-state index >= 15 is 0 Å². The Morgan fingerprint density at radius 1 is 1.10 bits per heavy atom. The Morgan fingerprint density at radius 3 is 2.35 bits per heavy atom. The molecule has 1 amide bonds. The highest BCUT2D eigenvalue weighted by Gasteiger charge is 2.41. The topological polar surface area (TPSA) is 101 Å². The van der Waals surface area contributed by atoms with Gasteiger partial charge in [-0.3, -0.25) is 9.59 Å². The summed E-state index contributed by atoms with van der Waals surface area (Å²) in [5, 5.41) is 0.777. The summed E-state index contributed by atoms with van der Waals surface area (Å²) in [7, 11) is 1.34. The molecular formula is C20H23ClN4O4S2. The van der Waals surface area contributed by atoms with Crippen LogP contribution in [0.25, 0.3) is 0 Å². The minimum absolute atomic E-state index is 0.279. The van der Waals surface area contributed by atoms with Crippen molar-refractivity contribution in [3.63, 3.8) is 0 Å². The molecule has 0 radical (unpaired) electrons. The first-order chi connectivity index (χ1) is 14.8. The van der Waals surface area contributed by atoms with Crippen molar-refractivity contribution in [3.05, 3.63) is 41.7 Å². The van der Waals surface area contributed by atoms with Crippen molar-refractivity contribution in [1.29, 1.82) is 0 Å². The van der Waals surface area contributed by atoms with E-state index < -0.39 is 20.7 Å². The van der Waals surface area contributed by atoms with Gasteiger partial charge in [-0.25, -0.2) is 13.4 Å². The number of Topliss-reactive ketones (excluding diaryl/α,β-unsaturated/α-hetero) is 1. The van der Waals surface area contributed by atoms with Gasteiger partial charge in [0.25, 0.3) is 0 Å². The summed E-state index contributed by atoms with van der Waals surface area (Å²) in [6, 6.07) is 10.1. The molecule has 0 atom stereocenters. The Hall–Kier alpha value is -2.04. The van der Waals surface area contributed by atoms with Gasteiger partial charge in [0.05, 0.1) is 5.41 Å². The molecule has 11 heteroatoms. The minimum atomic E-state index is -3.86. The number of rotatable bonds is 5. The summed E-state index contributed by atoms with van der Waals surface area (Å²) in [5.74, 6) is -0.141. The van der Waals surface area contributed by atoms with Crippen LogP contribution in [0.4, 0.5) is 5.13 Å². The number of carbonyl (C=O) groups excluding carboxylic acids is 2. The monoisotopic (exact) mass is 482 g/mol. The molecule has 1 aliphatic carbocycles. The first kappa shape index (κ1) is 22.2. The predicted octanol–water partition coefficient (Wildman–Crippen LogP) is 2.18. The fourth-order valence-electron chi connectivity index (χ4n) is 4.28. The average molecular weight is 483 g/mol. The van der Waals surface area contributed by atoms with E-state index in [4.69, 9.17) is 20.0 Å². The first-order valence-electron chi connectivity index (χ1n) is 10.1. The molecule has 1 aromatic carbocycles. The SMILES string of the molecule is O=C1CCC(c2ccccc2)(c2nsc(N3CCN(C(=O)CS(=O)(=O)Cl)CC3)n2)CC1. The molecule has 0 unspecified atom stereocenters. The molecule has 4 rings (SSSR count). The predicted molar refractivity (Wildman–Crippen MR) is 119 cm³/mol. The maximum absolute atomic E-state index is 12.1. The molecule has 1 saturated heterocycles. The maximum Gasteiger partial charge on any atom is 0.241 e. The Balaban J connectivity index is 1.50. The number of hydrogen-bond donors (Lipinski definition) is 0. The molecule has 0 bridgehead atoms. The van der Waals surface area contributed by atoms with Gasteiger partial charge in [0.15, 0.2) is 5.82 Å². The van der Waals surface area contributed by atoms with Crippen LogP contribution >= 0.6 is 22.2 Å². The number of nitrogens with zero attached hydrogens (tertiary/aromatic N) is 4. The van der Waals surface area contributed by atoms with E-state index in [1.807, 2.05) is 18.2 Å². The van der Waals surface area contributed by atoms with Crippen LogP contribution in [0.2, 0.25) is 0 Å². The largest absolute Gasteiger partial charge is 0.343 e. The van der Waals surface area contributed by atoms with Crippen LogP contribution in [-0.4, -0.2) is 66.3 Å². The van der Waals surface area contributed by atoms with Gasteiger partial charge in [0.2, 0.25) is 20.1 Å². The number of halogens is 1. The van der Waals surface area contributed by atoms with Gasteiger partial charge >= 0.3 is 0 Å². The van der Waals surface area contributed by atoms with Gasteiger partial charge in [-0.15, -0.1) is 0 Å². The van der Waals surface area contributed by atoms with Crippen LogP contribution in [-0.2, 0) is 24.1 Å². The summed E-state index contributed by atoms with van der Waals surface area (Å²) >= 11 is 1.32. The number of carbonyl (C=O) groups is 2. The molecule has 0 N–H and O–H groups in total. The molecule has 0 spiro atoms.